The summed E-state index contributed by atoms with van der Waals surface area (Å²) in [5, 5.41) is 8.33. The third-order valence-electron chi connectivity index (χ3n) is 0.881. The molecule has 0 saturated carbocycles. The first-order valence-electron chi connectivity index (χ1n) is 2.66. The van der Waals surface area contributed by atoms with Crippen LogP contribution in [0.2, 0.25) is 0 Å². The summed E-state index contributed by atoms with van der Waals surface area (Å²) in [6, 6.07) is -0.00926. The van der Waals surface area contributed by atoms with Gasteiger partial charge in [0.05, 0.1) is 6.61 Å². The summed E-state index contributed by atoms with van der Waals surface area (Å²) in [7, 11) is 1.59. The van der Waals surface area contributed by atoms with Crippen LogP contribution >= 0.6 is 12.4 Å². The maximum atomic E-state index is 8.33. The van der Waals surface area contributed by atoms with Gasteiger partial charge in [0.2, 0.25) is 0 Å². The molecule has 9 heavy (non-hydrogen) atoms. The molecule has 0 fully saturated rings. The third kappa shape index (κ3) is 8.17. The van der Waals surface area contributed by atoms with Crippen molar-refractivity contribution in [3.63, 3.8) is 0 Å². The maximum Gasteiger partial charge on any atom is 0.0614 e. The minimum Gasteiger partial charge on any atom is -0.396 e. The first kappa shape index (κ1) is 11.9. The van der Waals surface area contributed by atoms with Crippen molar-refractivity contribution in [2.75, 3.05) is 20.3 Å². The van der Waals surface area contributed by atoms with Gasteiger partial charge in [-0.25, -0.2) is 0 Å². The SMILES string of the molecule is COCC(N)CCO.Cl. The number of methoxy groups -OCH3 is 1. The maximum absolute atomic E-state index is 8.33. The van der Waals surface area contributed by atoms with Crippen LogP contribution < -0.4 is 5.73 Å². The van der Waals surface area contributed by atoms with E-state index in [1.54, 1.807) is 7.11 Å². The Labute approximate surface area is 61.6 Å². The van der Waals surface area contributed by atoms with Crippen molar-refractivity contribution in [3.8, 4) is 0 Å². The van der Waals surface area contributed by atoms with Crippen LogP contribution in [-0.4, -0.2) is 31.5 Å². The van der Waals surface area contributed by atoms with Gasteiger partial charge in [0.15, 0.2) is 0 Å². The van der Waals surface area contributed by atoms with Gasteiger partial charge in [0, 0.05) is 19.8 Å². The molecule has 0 amide bonds. The molecular weight excluding hydrogens is 142 g/mol. The number of nitrogens with two attached hydrogens (primary N) is 1. The van der Waals surface area contributed by atoms with E-state index >= 15 is 0 Å². The largest absolute Gasteiger partial charge is 0.396 e. The molecule has 0 aromatic heterocycles. The molecule has 1 atom stereocenters. The predicted molar refractivity (Wildman–Crippen MR) is 38.8 cm³/mol. The van der Waals surface area contributed by atoms with E-state index in [9.17, 15) is 0 Å². The van der Waals surface area contributed by atoms with E-state index < -0.39 is 0 Å². The molecule has 4 heteroatoms. The van der Waals surface area contributed by atoms with Crippen molar-refractivity contribution in [2.45, 2.75) is 12.5 Å². The van der Waals surface area contributed by atoms with E-state index in [1.807, 2.05) is 0 Å². The molecule has 0 radical (unpaired) electrons. The Kier molecular flexibility index (Phi) is 10.8. The number of aliphatic hydroxyl groups is 1. The quantitative estimate of drug-likeness (QED) is 0.590. The van der Waals surface area contributed by atoms with Gasteiger partial charge in [-0.05, 0) is 6.42 Å². The molecule has 0 spiro atoms. The van der Waals surface area contributed by atoms with Crippen LogP contribution in [0.5, 0.6) is 0 Å². The van der Waals surface area contributed by atoms with Crippen LogP contribution in [0.3, 0.4) is 0 Å². The monoisotopic (exact) mass is 155 g/mol. The standard InChI is InChI=1S/C5H13NO2.ClH/c1-8-4-5(6)2-3-7;/h5,7H,2-4,6H2,1H3;1H. The molecule has 58 valence electrons. The molecule has 0 bridgehead atoms. The number of halogens is 1. The molecule has 0 aliphatic carbocycles. The fourth-order valence-electron chi connectivity index (χ4n) is 0.463. The second-order valence-electron chi connectivity index (χ2n) is 1.73. The molecule has 1 unspecified atom stereocenters. The molecule has 0 rings (SSSR count). The van der Waals surface area contributed by atoms with Gasteiger partial charge in [-0.3, -0.25) is 0 Å². The number of hydrogen-bond donors (Lipinski definition) is 2. The van der Waals surface area contributed by atoms with Crippen molar-refractivity contribution in [1.82, 2.24) is 0 Å². The van der Waals surface area contributed by atoms with Gasteiger partial charge in [0.1, 0.15) is 0 Å². The lowest BCUT2D eigenvalue weighted by atomic mass is 10.2. The van der Waals surface area contributed by atoms with Gasteiger partial charge >= 0.3 is 0 Å². The summed E-state index contributed by atoms with van der Waals surface area (Å²) < 4.78 is 4.72. The lowest BCUT2D eigenvalue weighted by molar-refractivity contribution is 0.164. The summed E-state index contributed by atoms with van der Waals surface area (Å²) >= 11 is 0. The van der Waals surface area contributed by atoms with E-state index in [4.69, 9.17) is 15.6 Å². The first-order chi connectivity index (χ1) is 3.81. The van der Waals surface area contributed by atoms with Crippen molar-refractivity contribution in [2.24, 2.45) is 5.73 Å². The van der Waals surface area contributed by atoms with Crippen LogP contribution in [-0.2, 0) is 4.74 Å². The summed E-state index contributed by atoms with van der Waals surface area (Å²) in [6.07, 6.45) is 0.619. The van der Waals surface area contributed by atoms with E-state index in [1.165, 1.54) is 0 Å². The lowest BCUT2D eigenvalue weighted by Gasteiger charge is -2.05. The highest BCUT2D eigenvalue weighted by Crippen LogP contribution is 1.84. The molecule has 0 aromatic carbocycles. The van der Waals surface area contributed by atoms with Gasteiger partial charge in [-0.1, -0.05) is 0 Å². The topological polar surface area (TPSA) is 55.5 Å². The molecule has 0 aliphatic rings. The minimum atomic E-state index is -0.00926. The normalized spacial score (nSPS) is 12.3. The molecule has 3 N–H and O–H groups in total. The Balaban J connectivity index is 0. The number of rotatable bonds is 4. The summed E-state index contributed by atoms with van der Waals surface area (Å²) in [5.41, 5.74) is 5.41. The first-order valence-corrected chi connectivity index (χ1v) is 2.66. The Bertz CT molecular complexity index is 48.2. The Morgan fingerprint density at radius 3 is 2.56 bits per heavy atom. The van der Waals surface area contributed by atoms with Gasteiger partial charge in [0.25, 0.3) is 0 Å². The Morgan fingerprint density at radius 1 is 1.67 bits per heavy atom. The van der Waals surface area contributed by atoms with Gasteiger partial charge < -0.3 is 15.6 Å². The summed E-state index contributed by atoms with van der Waals surface area (Å²) in [5.74, 6) is 0. The minimum absolute atomic E-state index is 0. The average molecular weight is 156 g/mol. The highest BCUT2D eigenvalue weighted by Gasteiger charge is 1.97. The molecular formula is C5H14ClNO2. The highest BCUT2D eigenvalue weighted by molar-refractivity contribution is 5.85. The van der Waals surface area contributed by atoms with Gasteiger partial charge in [-0.2, -0.15) is 0 Å². The van der Waals surface area contributed by atoms with Crippen molar-refractivity contribution >= 4 is 12.4 Å². The zero-order valence-electron chi connectivity index (χ0n) is 5.54. The summed E-state index contributed by atoms with van der Waals surface area (Å²) in [6.45, 7) is 0.672. The second-order valence-corrected chi connectivity index (χ2v) is 1.73. The van der Waals surface area contributed by atoms with Gasteiger partial charge in [-0.15, -0.1) is 12.4 Å². The van der Waals surface area contributed by atoms with E-state index in [-0.39, 0.29) is 25.1 Å². The molecule has 0 aliphatic heterocycles. The number of ether oxygens (including phenoxy) is 1. The van der Waals surface area contributed by atoms with Crippen LogP contribution in [0, 0.1) is 0 Å². The predicted octanol–water partition coefficient (Wildman–Crippen LogP) is -0.236. The lowest BCUT2D eigenvalue weighted by Crippen LogP contribution is -2.26. The van der Waals surface area contributed by atoms with Crippen LogP contribution in [0.15, 0.2) is 0 Å². The molecule has 0 heterocycles. The van der Waals surface area contributed by atoms with Crippen molar-refractivity contribution < 1.29 is 9.84 Å². The van der Waals surface area contributed by atoms with Crippen LogP contribution in [0.1, 0.15) is 6.42 Å². The van der Waals surface area contributed by atoms with E-state index in [2.05, 4.69) is 0 Å². The van der Waals surface area contributed by atoms with Crippen molar-refractivity contribution in [3.05, 3.63) is 0 Å². The average Bonchev–Trinajstić information content (AvgIpc) is 1.68. The summed E-state index contributed by atoms with van der Waals surface area (Å²) in [4.78, 5) is 0. The molecule has 0 saturated heterocycles. The number of hydrogen-bond acceptors (Lipinski definition) is 3. The number of aliphatic hydroxyl groups excluding tert-OH is 1. The fraction of sp³-hybridized carbons (Fsp3) is 1.00. The van der Waals surface area contributed by atoms with E-state index in [0.717, 1.165) is 0 Å². The van der Waals surface area contributed by atoms with Crippen LogP contribution in [0.4, 0.5) is 0 Å². The van der Waals surface area contributed by atoms with E-state index in [0.29, 0.717) is 13.0 Å². The second kappa shape index (κ2) is 8.17. The smallest absolute Gasteiger partial charge is 0.0614 e. The Hall–Kier alpha value is 0.170. The highest BCUT2D eigenvalue weighted by atomic mass is 35.5. The Morgan fingerprint density at radius 2 is 2.22 bits per heavy atom. The van der Waals surface area contributed by atoms with Crippen molar-refractivity contribution in [1.29, 1.82) is 0 Å². The fourth-order valence-corrected chi connectivity index (χ4v) is 0.463. The van der Waals surface area contributed by atoms with Crippen LogP contribution in [0.25, 0.3) is 0 Å². The third-order valence-corrected chi connectivity index (χ3v) is 0.881. The zero-order valence-corrected chi connectivity index (χ0v) is 6.36. The molecule has 3 nitrogen and oxygen atoms in total. The zero-order chi connectivity index (χ0) is 6.41. The molecule has 0 aromatic rings.